The van der Waals surface area contributed by atoms with Gasteiger partial charge in [0.2, 0.25) is 11.8 Å². The molecule has 2 aromatic rings. The Morgan fingerprint density at radius 2 is 1.03 bits per heavy atom. The molecule has 0 aromatic heterocycles. The molecule has 4 amide bonds. The lowest BCUT2D eigenvalue weighted by molar-refractivity contribution is -0.120. The monoisotopic (exact) mass is 446 g/mol. The molecule has 0 spiro atoms. The highest BCUT2D eigenvalue weighted by molar-refractivity contribution is 8.76. The van der Waals surface area contributed by atoms with E-state index in [2.05, 4.69) is 10.6 Å². The molecular weight excluding hydrogens is 424 g/mol. The van der Waals surface area contributed by atoms with Gasteiger partial charge in [-0.05, 0) is 38.1 Å². The number of nitrogens with one attached hydrogen (secondary N) is 2. The maximum Gasteiger partial charge on any atom is 0.253 e. The minimum Gasteiger partial charge on any atom is -0.368 e. The third-order valence-electron chi connectivity index (χ3n) is 4.03. The van der Waals surface area contributed by atoms with Gasteiger partial charge < -0.3 is 22.1 Å². The van der Waals surface area contributed by atoms with E-state index >= 15 is 0 Å². The van der Waals surface area contributed by atoms with E-state index in [-0.39, 0.29) is 0 Å². The highest BCUT2D eigenvalue weighted by atomic mass is 33.1. The molecule has 30 heavy (non-hydrogen) atoms. The van der Waals surface area contributed by atoms with Crippen LogP contribution in [0, 0.1) is 0 Å². The molecule has 0 heterocycles. The molecule has 158 valence electrons. The Labute approximate surface area is 181 Å². The number of carbonyl (C=O) groups is 4. The highest BCUT2D eigenvalue weighted by Gasteiger charge is 2.19. The smallest absolute Gasteiger partial charge is 0.253 e. The maximum absolute atomic E-state index is 12.5. The molecule has 2 aromatic carbocycles. The fraction of sp³-hybridized carbons (Fsp3) is 0.200. The second-order valence-electron chi connectivity index (χ2n) is 6.35. The van der Waals surface area contributed by atoms with Crippen LogP contribution in [0.3, 0.4) is 0 Å². The van der Waals surface area contributed by atoms with Crippen LogP contribution in [0.1, 0.15) is 34.6 Å². The van der Waals surface area contributed by atoms with Crippen LogP contribution in [0.2, 0.25) is 0 Å². The summed E-state index contributed by atoms with van der Waals surface area (Å²) in [6.07, 6.45) is 0. The molecule has 0 aliphatic rings. The van der Waals surface area contributed by atoms with E-state index in [1.54, 1.807) is 48.5 Å². The number of carbonyl (C=O) groups excluding carboxylic acids is 4. The minimum absolute atomic E-state index is 0.382. The normalized spacial score (nSPS) is 12.5. The van der Waals surface area contributed by atoms with Crippen LogP contribution in [-0.4, -0.2) is 35.7 Å². The fourth-order valence-electron chi connectivity index (χ4n) is 2.23. The summed E-state index contributed by atoms with van der Waals surface area (Å²) >= 11 is 0. The number of primary amides is 2. The van der Waals surface area contributed by atoms with Crippen molar-refractivity contribution in [2.75, 3.05) is 0 Å². The average molecular weight is 447 g/mol. The van der Waals surface area contributed by atoms with Crippen molar-refractivity contribution in [3.8, 4) is 0 Å². The van der Waals surface area contributed by atoms with Gasteiger partial charge in [0.05, 0.1) is 11.1 Å². The molecule has 8 nitrogen and oxygen atoms in total. The van der Waals surface area contributed by atoms with Gasteiger partial charge in [0, 0.05) is 9.79 Å². The molecule has 2 rings (SSSR count). The van der Waals surface area contributed by atoms with Gasteiger partial charge in [0.15, 0.2) is 0 Å². The first-order chi connectivity index (χ1) is 14.2. The summed E-state index contributed by atoms with van der Waals surface area (Å²) < 4.78 is 0. The van der Waals surface area contributed by atoms with Crippen molar-refractivity contribution < 1.29 is 19.2 Å². The van der Waals surface area contributed by atoms with E-state index in [9.17, 15) is 19.2 Å². The second kappa shape index (κ2) is 10.7. The summed E-state index contributed by atoms with van der Waals surface area (Å²) in [4.78, 5) is 48.7. The number of hydrogen-bond acceptors (Lipinski definition) is 6. The molecule has 6 N–H and O–H groups in total. The average Bonchev–Trinajstić information content (AvgIpc) is 2.72. The predicted octanol–water partition coefficient (Wildman–Crippen LogP) is 1.69. The summed E-state index contributed by atoms with van der Waals surface area (Å²) in [5.41, 5.74) is 11.2. The third-order valence-corrected chi connectivity index (χ3v) is 6.52. The summed E-state index contributed by atoms with van der Waals surface area (Å²) in [5, 5.41) is 5.10. The quantitative estimate of drug-likeness (QED) is 0.432. The minimum atomic E-state index is -0.806. The van der Waals surface area contributed by atoms with Crippen molar-refractivity contribution in [1.29, 1.82) is 0 Å². The number of rotatable bonds is 9. The Balaban J connectivity index is 2.17. The lowest BCUT2D eigenvalue weighted by Gasteiger charge is -2.14. The van der Waals surface area contributed by atoms with Crippen molar-refractivity contribution in [3.63, 3.8) is 0 Å². The zero-order chi connectivity index (χ0) is 22.3. The molecule has 0 aliphatic heterocycles. The number of nitrogens with two attached hydrogens (primary N) is 2. The number of hydrogen-bond donors (Lipinski definition) is 4. The van der Waals surface area contributed by atoms with Crippen molar-refractivity contribution in [3.05, 3.63) is 59.7 Å². The molecule has 0 saturated carbocycles. The van der Waals surface area contributed by atoms with E-state index in [4.69, 9.17) is 11.5 Å². The Kier molecular flexibility index (Phi) is 8.31. The molecule has 2 atom stereocenters. The number of benzene rings is 2. The van der Waals surface area contributed by atoms with Crippen LogP contribution in [0.5, 0.6) is 0 Å². The molecule has 0 aliphatic carbocycles. The van der Waals surface area contributed by atoms with Crippen LogP contribution in [0.25, 0.3) is 0 Å². The lowest BCUT2D eigenvalue weighted by atomic mass is 10.2. The second-order valence-corrected chi connectivity index (χ2v) is 8.57. The first-order valence-electron chi connectivity index (χ1n) is 8.93. The van der Waals surface area contributed by atoms with Crippen molar-refractivity contribution in [2.24, 2.45) is 11.5 Å². The van der Waals surface area contributed by atoms with Crippen molar-refractivity contribution in [2.45, 2.75) is 35.7 Å². The van der Waals surface area contributed by atoms with E-state index in [0.717, 1.165) is 0 Å². The van der Waals surface area contributed by atoms with E-state index in [1.807, 2.05) is 0 Å². The molecule has 0 fully saturated rings. The van der Waals surface area contributed by atoms with Crippen LogP contribution in [-0.2, 0) is 9.59 Å². The highest BCUT2D eigenvalue weighted by Crippen LogP contribution is 2.40. The SMILES string of the molecule is C[C@@H](NC(=O)c1ccccc1SSc1ccccc1C(=O)N[C@H](C)C(N)=O)C(N)=O. The van der Waals surface area contributed by atoms with E-state index < -0.39 is 35.7 Å². The zero-order valence-electron chi connectivity index (χ0n) is 16.4. The maximum atomic E-state index is 12.5. The Morgan fingerprint density at radius 1 is 0.700 bits per heavy atom. The van der Waals surface area contributed by atoms with Crippen LogP contribution >= 0.6 is 21.6 Å². The van der Waals surface area contributed by atoms with E-state index in [1.165, 1.54) is 35.4 Å². The van der Waals surface area contributed by atoms with Crippen molar-refractivity contribution in [1.82, 2.24) is 10.6 Å². The summed E-state index contributed by atoms with van der Waals surface area (Å²) in [5.74, 6) is -2.11. The van der Waals surface area contributed by atoms with Gasteiger partial charge in [0.1, 0.15) is 12.1 Å². The summed E-state index contributed by atoms with van der Waals surface area (Å²) in [7, 11) is 2.58. The fourth-order valence-corrected chi connectivity index (χ4v) is 4.59. The van der Waals surface area contributed by atoms with Gasteiger partial charge in [-0.2, -0.15) is 0 Å². The Hall–Kier alpha value is -2.98. The largest absolute Gasteiger partial charge is 0.368 e. The van der Waals surface area contributed by atoms with Crippen LogP contribution in [0.15, 0.2) is 58.3 Å². The number of amides is 4. The first-order valence-corrected chi connectivity index (χ1v) is 11.1. The van der Waals surface area contributed by atoms with Gasteiger partial charge in [-0.3, -0.25) is 19.2 Å². The van der Waals surface area contributed by atoms with Gasteiger partial charge in [-0.25, -0.2) is 0 Å². The Morgan fingerprint density at radius 3 is 1.37 bits per heavy atom. The Bertz CT molecular complexity index is 890. The molecule has 10 heteroatoms. The van der Waals surface area contributed by atoms with Gasteiger partial charge >= 0.3 is 0 Å². The van der Waals surface area contributed by atoms with E-state index in [0.29, 0.717) is 20.9 Å². The van der Waals surface area contributed by atoms with Gasteiger partial charge in [-0.15, -0.1) is 0 Å². The molecule has 0 radical (unpaired) electrons. The van der Waals surface area contributed by atoms with Crippen molar-refractivity contribution >= 4 is 45.2 Å². The summed E-state index contributed by atoms with van der Waals surface area (Å²) in [6.45, 7) is 3.01. The third kappa shape index (κ3) is 6.26. The lowest BCUT2D eigenvalue weighted by Crippen LogP contribution is -2.42. The zero-order valence-corrected chi connectivity index (χ0v) is 18.0. The van der Waals surface area contributed by atoms with Crippen LogP contribution in [0.4, 0.5) is 0 Å². The molecule has 0 saturated heterocycles. The molecule has 0 bridgehead atoms. The first kappa shape index (κ1) is 23.3. The van der Waals surface area contributed by atoms with Crippen LogP contribution < -0.4 is 22.1 Å². The standard InChI is InChI=1S/C20H22N4O4S2/c1-11(17(21)25)23-19(27)13-7-3-5-9-15(13)29-30-16-10-6-4-8-14(16)20(28)24-12(2)18(22)26/h3-12H,1-2H3,(H2,21,25)(H2,22,26)(H,23,27)(H,24,28)/t11-,12-/m1/s1. The van der Waals surface area contributed by atoms with Gasteiger partial charge in [-0.1, -0.05) is 45.9 Å². The summed E-state index contributed by atoms with van der Waals surface area (Å²) in [6, 6.07) is 12.2. The molecular formula is C20H22N4O4S2. The predicted molar refractivity (Wildman–Crippen MR) is 117 cm³/mol. The molecule has 0 unspecified atom stereocenters. The van der Waals surface area contributed by atoms with Gasteiger partial charge in [0.25, 0.3) is 11.8 Å². The topological polar surface area (TPSA) is 144 Å².